The third-order valence-corrected chi connectivity index (χ3v) is 2.50. The van der Waals surface area contributed by atoms with E-state index in [1.165, 1.54) is 24.1 Å². The molecule has 1 unspecified atom stereocenters. The van der Waals surface area contributed by atoms with Crippen molar-refractivity contribution in [1.82, 2.24) is 9.55 Å². The highest BCUT2D eigenvalue weighted by Gasteiger charge is 2.16. The molecule has 7 heteroatoms. The van der Waals surface area contributed by atoms with Crippen LogP contribution in [-0.4, -0.2) is 27.5 Å². The zero-order valence-corrected chi connectivity index (χ0v) is 10.2. The largest absolute Gasteiger partial charge is 0.468 e. The molecule has 0 aromatic carbocycles. The maximum atomic E-state index is 11.2. The Morgan fingerprint density at radius 3 is 3.07 bits per heavy atom. The molecule has 0 aliphatic heterocycles. The summed E-state index contributed by atoms with van der Waals surface area (Å²) in [6, 6.07) is 0. The standard InChI is InChI=1S/C8H8BrClN2O3/c1-15-7(13)6(9)4-12-3-5(10)2-11-8(12)14/h2-3,6H,4H2,1H3. The maximum absolute atomic E-state index is 11.2. The molecule has 0 saturated carbocycles. The number of ether oxygens (including phenoxy) is 1. The third-order valence-electron chi connectivity index (χ3n) is 1.64. The third kappa shape index (κ3) is 3.32. The fourth-order valence-electron chi connectivity index (χ4n) is 0.934. The SMILES string of the molecule is COC(=O)C(Br)Cn1cc(Cl)cnc1=O. The van der Waals surface area contributed by atoms with Crippen LogP contribution in [0.2, 0.25) is 5.02 Å². The summed E-state index contributed by atoms with van der Waals surface area (Å²) in [5.41, 5.74) is -0.465. The molecular weight excluding hydrogens is 287 g/mol. The predicted molar refractivity (Wildman–Crippen MR) is 58.2 cm³/mol. The molecule has 5 nitrogen and oxygen atoms in total. The molecule has 0 aliphatic carbocycles. The van der Waals surface area contributed by atoms with Crippen molar-refractivity contribution in [2.45, 2.75) is 11.4 Å². The van der Waals surface area contributed by atoms with Gasteiger partial charge in [-0.1, -0.05) is 27.5 Å². The Bertz CT molecular complexity index is 421. The Hall–Kier alpha value is -0.880. The molecular formula is C8H8BrClN2O3. The summed E-state index contributed by atoms with van der Waals surface area (Å²) in [6.07, 6.45) is 2.66. The molecule has 1 atom stereocenters. The average Bonchev–Trinajstić information content (AvgIpc) is 2.22. The smallest absolute Gasteiger partial charge is 0.347 e. The molecule has 0 radical (unpaired) electrons. The van der Waals surface area contributed by atoms with Crippen LogP contribution < -0.4 is 5.69 Å². The second-order valence-electron chi connectivity index (χ2n) is 2.70. The molecule has 0 amide bonds. The topological polar surface area (TPSA) is 61.2 Å². The van der Waals surface area contributed by atoms with Crippen LogP contribution in [0.3, 0.4) is 0 Å². The molecule has 0 spiro atoms. The Morgan fingerprint density at radius 2 is 2.47 bits per heavy atom. The molecule has 0 saturated heterocycles. The maximum Gasteiger partial charge on any atom is 0.347 e. The lowest BCUT2D eigenvalue weighted by Crippen LogP contribution is -2.29. The minimum Gasteiger partial charge on any atom is -0.468 e. The molecule has 0 aliphatic rings. The van der Waals surface area contributed by atoms with E-state index < -0.39 is 16.5 Å². The van der Waals surface area contributed by atoms with E-state index in [0.717, 1.165) is 0 Å². The minimum absolute atomic E-state index is 0.124. The van der Waals surface area contributed by atoms with Gasteiger partial charge in [0.05, 0.1) is 24.9 Å². The summed E-state index contributed by atoms with van der Waals surface area (Å²) >= 11 is 8.75. The number of hydrogen-bond donors (Lipinski definition) is 0. The minimum atomic E-state index is -0.597. The van der Waals surface area contributed by atoms with Crippen molar-refractivity contribution < 1.29 is 9.53 Å². The zero-order valence-electron chi connectivity index (χ0n) is 7.81. The number of methoxy groups -OCH3 is 1. The number of nitrogens with zero attached hydrogens (tertiary/aromatic N) is 2. The van der Waals surface area contributed by atoms with E-state index in [1.54, 1.807) is 0 Å². The van der Waals surface area contributed by atoms with Gasteiger partial charge in [0.1, 0.15) is 4.83 Å². The van der Waals surface area contributed by atoms with Crippen LogP contribution in [0.15, 0.2) is 17.2 Å². The molecule has 0 fully saturated rings. The number of hydrogen-bond acceptors (Lipinski definition) is 4. The van der Waals surface area contributed by atoms with Gasteiger partial charge in [-0.15, -0.1) is 0 Å². The monoisotopic (exact) mass is 294 g/mol. The number of halogens is 2. The Morgan fingerprint density at radius 1 is 1.80 bits per heavy atom. The van der Waals surface area contributed by atoms with E-state index in [9.17, 15) is 9.59 Å². The Kier molecular flexibility index (Phi) is 4.28. The Labute approximate surface area is 99.1 Å². The van der Waals surface area contributed by atoms with Crippen molar-refractivity contribution in [2.75, 3.05) is 7.11 Å². The first-order chi connectivity index (χ1) is 7.04. The molecule has 1 heterocycles. The van der Waals surface area contributed by atoms with Crippen LogP contribution in [0.1, 0.15) is 0 Å². The quantitative estimate of drug-likeness (QED) is 0.612. The molecule has 82 valence electrons. The van der Waals surface area contributed by atoms with Crippen LogP contribution in [0.4, 0.5) is 0 Å². The van der Waals surface area contributed by atoms with Gasteiger partial charge in [-0.05, 0) is 0 Å². The van der Waals surface area contributed by atoms with Crippen molar-refractivity contribution in [3.05, 3.63) is 27.9 Å². The predicted octanol–water partition coefficient (Wildman–Crippen LogP) is 0.833. The summed E-state index contributed by atoms with van der Waals surface area (Å²) in [6.45, 7) is 0.124. The van der Waals surface area contributed by atoms with Crippen molar-refractivity contribution in [1.29, 1.82) is 0 Å². The molecule has 0 bridgehead atoms. The van der Waals surface area contributed by atoms with Gasteiger partial charge < -0.3 is 4.74 Å². The number of rotatable bonds is 3. The van der Waals surface area contributed by atoms with E-state index in [0.29, 0.717) is 5.02 Å². The van der Waals surface area contributed by atoms with Crippen molar-refractivity contribution in [3.8, 4) is 0 Å². The number of carbonyl (C=O) groups excluding carboxylic acids is 1. The number of aromatic nitrogens is 2. The number of carbonyl (C=O) groups is 1. The normalized spacial score (nSPS) is 12.2. The fourth-order valence-corrected chi connectivity index (χ4v) is 1.60. The summed E-state index contributed by atoms with van der Waals surface area (Å²) in [7, 11) is 1.27. The van der Waals surface area contributed by atoms with Gasteiger partial charge in [-0.25, -0.2) is 9.78 Å². The zero-order chi connectivity index (χ0) is 11.4. The van der Waals surface area contributed by atoms with Gasteiger partial charge in [-0.2, -0.15) is 0 Å². The lowest BCUT2D eigenvalue weighted by molar-refractivity contribution is -0.140. The van der Waals surface area contributed by atoms with Gasteiger partial charge in [-0.3, -0.25) is 9.36 Å². The van der Waals surface area contributed by atoms with Crippen LogP contribution in [0, 0.1) is 0 Å². The van der Waals surface area contributed by atoms with Crippen molar-refractivity contribution >= 4 is 33.5 Å². The highest BCUT2D eigenvalue weighted by molar-refractivity contribution is 9.10. The van der Waals surface area contributed by atoms with Crippen molar-refractivity contribution in [3.63, 3.8) is 0 Å². The van der Waals surface area contributed by atoms with E-state index >= 15 is 0 Å². The van der Waals surface area contributed by atoms with Crippen LogP contribution in [0.5, 0.6) is 0 Å². The van der Waals surface area contributed by atoms with E-state index in [4.69, 9.17) is 11.6 Å². The molecule has 0 N–H and O–H groups in total. The lowest BCUT2D eigenvalue weighted by Gasteiger charge is -2.09. The van der Waals surface area contributed by atoms with Gasteiger partial charge in [0, 0.05) is 6.20 Å². The number of alkyl halides is 1. The summed E-state index contributed by atoms with van der Waals surface area (Å²) < 4.78 is 5.73. The molecule has 15 heavy (non-hydrogen) atoms. The van der Waals surface area contributed by atoms with Gasteiger partial charge in [0.2, 0.25) is 0 Å². The van der Waals surface area contributed by atoms with Gasteiger partial charge >= 0.3 is 11.7 Å². The molecule has 1 aromatic heterocycles. The average molecular weight is 296 g/mol. The molecule has 1 aromatic rings. The van der Waals surface area contributed by atoms with Gasteiger partial charge in [0.25, 0.3) is 0 Å². The summed E-state index contributed by atoms with van der Waals surface area (Å²) in [4.78, 5) is 25.2. The second kappa shape index (κ2) is 5.27. The summed E-state index contributed by atoms with van der Waals surface area (Å²) in [5.74, 6) is -0.457. The lowest BCUT2D eigenvalue weighted by atomic mass is 10.4. The van der Waals surface area contributed by atoms with E-state index in [1.807, 2.05) is 0 Å². The highest BCUT2D eigenvalue weighted by atomic mass is 79.9. The van der Waals surface area contributed by atoms with Crippen LogP contribution >= 0.6 is 27.5 Å². The first-order valence-electron chi connectivity index (χ1n) is 3.98. The highest BCUT2D eigenvalue weighted by Crippen LogP contribution is 2.07. The second-order valence-corrected chi connectivity index (χ2v) is 4.24. The van der Waals surface area contributed by atoms with Gasteiger partial charge in [0.15, 0.2) is 0 Å². The summed E-state index contributed by atoms with van der Waals surface area (Å²) in [5, 5.41) is 0.333. The van der Waals surface area contributed by atoms with Crippen molar-refractivity contribution in [2.24, 2.45) is 0 Å². The fraction of sp³-hybridized carbons (Fsp3) is 0.375. The first kappa shape index (κ1) is 12.2. The Balaban J connectivity index is 2.85. The molecule has 1 rings (SSSR count). The van der Waals surface area contributed by atoms with Crippen LogP contribution in [-0.2, 0) is 16.1 Å². The van der Waals surface area contributed by atoms with E-state index in [2.05, 4.69) is 25.7 Å². The number of esters is 1. The first-order valence-corrected chi connectivity index (χ1v) is 5.28. The van der Waals surface area contributed by atoms with Crippen LogP contribution in [0.25, 0.3) is 0 Å². The van der Waals surface area contributed by atoms with E-state index in [-0.39, 0.29) is 6.54 Å².